The second kappa shape index (κ2) is 4.12. The normalized spacial score (nSPS) is 24.7. The van der Waals surface area contributed by atoms with E-state index in [-0.39, 0.29) is 0 Å². The minimum Gasteiger partial charge on any atom is -0.481 e. The van der Waals surface area contributed by atoms with E-state index in [0.29, 0.717) is 0 Å². The number of aliphatic carboxylic acids is 1. The molecule has 0 aromatic carbocycles. The highest BCUT2D eigenvalue weighted by molar-refractivity contribution is 5.76. The van der Waals surface area contributed by atoms with Crippen LogP contribution < -0.4 is 0 Å². The predicted molar refractivity (Wildman–Crippen MR) is 58.8 cm³/mol. The van der Waals surface area contributed by atoms with Gasteiger partial charge in [-0.3, -0.25) is 4.79 Å². The van der Waals surface area contributed by atoms with Gasteiger partial charge in [0.1, 0.15) is 0 Å². The van der Waals surface area contributed by atoms with Crippen molar-refractivity contribution in [3.05, 3.63) is 0 Å². The van der Waals surface area contributed by atoms with Crippen LogP contribution in [-0.2, 0) is 4.79 Å². The second-order valence-corrected chi connectivity index (χ2v) is 5.43. The molecule has 2 aliphatic carbocycles. The van der Waals surface area contributed by atoms with E-state index in [1.54, 1.807) is 0 Å². The monoisotopic (exact) mass is 211 g/mol. The molecule has 3 heteroatoms. The zero-order valence-corrected chi connectivity index (χ0v) is 9.54. The SMILES string of the molecule is CN(CC1CCC1)CC1(C(=O)O)CCC1. The Hall–Kier alpha value is -0.570. The van der Waals surface area contributed by atoms with Crippen molar-refractivity contribution in [2.45, 2.75) is 38.5 Å². The number of hydrogen-bond acceptors (Lipinski definition) is 2. The molecule has 3 nitrogen and oxygen atoms in total. The van der Waals surface area contributed by atoms with Gasteiger partial charge in [0.15, 0.2) is 0 Å². The van der Waals surface area contributed by atoms with Gasteiger partial charge in [-0.05, 0) is 38.6 Å². The van der Waals surface area contributed by atoms with Gasteiger partial charge in [0, 0.05) is 13.1 Å². The fraction of sp³-hybridized carbons (Fsp3) is 0.917. The van der Waals surface area contributed by atoms with Crippen molar-refractivity contribution in [3.8, 4) is 0 Å². The Labute approximate surface area is 91.5 Å². The summed E-state index contributed by atoms with van der Waals surface area (Å²) in [5.74, 6) is 0.245. The van der Waals surface area contributed by atoms with Crippen LogP contribution in [0, 0.1) is 11.3 Å². The standard InChI is InChI=1S/C12H21NO2/c1-13(8-10-4-2-5-10)9-12(11(14)15)6-3-7-12/h10H,2-9H2,1H3,(H,14,15). The first-order valence-corrected chi connectivity index (χ1v) is 6.04. The summed E-state index contributed by atoms with van der Waals surface area (Å²) in [6.45, 7) is 1.84. The number of carboxylic acids is 1. The molecule has 2 aliphatic rings. The van der Waals surface area contributed by atoms with E-state index in [1.807, 2.05) is 0 Å². The molecule has 1 N–H and O–H groups in total. The quantitative estimate of drug-likeness (QED) is 0.756. The molecule has 0 aromatic rings. The lowest BCUT2D eigenvalue weighted by atomic mass is 9.68. The average molecular weight is 211 g/mol. The first-order valence-electron chi connectivity index (χ1n) is 6.04. The summed E-state index contributed by atoms with van der Waals surface area (Å²) in [5, 5.41) is 9.21. The molecule has 86 valence electrons. The first-order chi connectivity index (χ1) is 7.12. The number of carboxylic acid groups (broad SMARTS) is 1. The third-order valence-corrected chi connectivity index (χ3v) is 4.13. The van der Waals surface area contributed by atoms with E-state index in [9.17, 15) is 9.90 Å². The topological polar surface area (TPSA) is 40.5 Å². The molecule has 0 radical (unpaired) electrons. The maximum atomic E-state index is 11.2. The smallest absolute Gasteiger partial charge is 0.310 e. The minimum absolute atomic E-state index is 0.404. The van der Waals surface area contributed by atoms with Crippen LogP contribution in [0.25, 0.3) is 0 Å². The van der Waals surface area contributed by atoms with Crippen LogP contribution in [0.2, 0.25) is 0 Å². The molecule has 0 amide bonds. The molecule has 2 fully saturated rings. The van der Waals surface area contributed by atoms with Crippen molar-refractivity contribution in [2.24, 2.45) is 11.3 Å². The molecule has 0 aliphatic heterocycles. The van der Waals surface area contributed by atoms with Gasteiger partial charge in [-0.1, -0.05) is 12.8 Å². The average Bonchev–Trinajstić information content (AvgIpc) is 2.03. The molecular weight excluding hydrogens is 190 g/mol. The summed E-state index contributed by atoms with van der Waals surface area (Å²) in [7, 11) is 2.07. The van der Waals surface area contributed by atoms with Crippen molar-refractivity contribution in [3.63, 3.8) is 0 Å². The Balaban J connectivity index is 1.80. The zero-order valence-electron chi connectivity index (χ0n) is 9.54. The minimum atomic E-state index is -0.589. The van der Waals surface area contributed by atoms with Crippen LogP contribution in [0.15, 0.2) is 0 Å². The van der Waals surface area contributed by atoms with Gasteiger partial charge in [-0.15, -0.1) is 0 Å². The highest BCUT2D eigenvalue weighted by atomic mass is 16.4. The first kappa shape index (κ1) is 10.9. The van der Waals surface area contributed by atoms with Crippen LogP contribution in [-0.4, -0.2) is 36.1 Å². The van der Waals surface area contributed by atoms with E-state index < -0.39 is 11.4 Å². The number of carbonyl (C=O) groups is 1. The van der Waals surface area contributed by atoms with Gasteiger partial charge in [0.2, 0.25) is 0 Å². The Morgan fingerprint density at radius 1 is 1.40 bits per heavy atom. The van der Waals surface area contributed by atoms with Crippen molar-refractivity contribution in [1.29, 1.82) is 0 Å². The van der Waals surface area contributed by atoms with Gasteiger partial charge in [-0.25, -0.2) is 0 Å². The van der Waals surface area contributed by atoms with Crippen molar-refractivity contribution >= 4 is 5.97 Å². The molecule has 0 aromatic heterocycles. The van der Waals surface area contributed by atoms with E-state index in [2.05, 4.69) is 11.9 Å². The van der Waals surface area contributed by atoms with Crippen LogP contribution in [0.4, 0.5) is 0 Å². The second-order valence-electron chi connectivity index (χ2n) is 5.43. The van der Waals surface area contributed by atoms with Gasteiger partial charge in [0.05, 0.1) is 5.41 Å². The lowest BCUT2D eigenvalue weighted by Crippen LogP contribution is -2.47. The number of hydrogen-bond donors (Lipinski definition) is 1. The highest BCUT2D eigenvalue weighted by Crippen LogP contribution is 2.42. The van der Waals surface area contributed by atoms with Crippen LogP contribution in [0.3, 0.4) is 0 Å². The molecule has 0 atom stereocenters. The molecule has 15 heavy (non-hydrogen) atoms. The van der Waals surface area contributed by atoms with Gasteiger partial charge in [0.25, 0.3) is 0 Å². The zero-order chi connectivity index (χ0) is 10.9. The summed E-state index contributed by atoms with van der Waals surface area (Å²) in [6.07, 6.45) is 6.87. The molecule has 0 bridgehead atoms. The van der Waals surface area contributed by atoms with Crippen LogP contribution in [0.5, 0.6) is 0 Å². The molecule has 0 unspecified atom stereocenters. The van der Waals surface area contributed by atoms with Gasteiger partial charge < -0.3 is 10.0 Å². The fourth-order valence-electron chi connectivity index (χ4n) is 2.74. The summed E-state index contributed by atoms with van der Waals surface area (Å²) in [5.41, 5.74) is -0.404. The Kier molecular flexibility index (Phi) is 3.01. The van der Waals surface area contributed by atoms with Crippen LogP contribution in [0.1, 0.15) is 38.5 Å². The summed E-state index contributed by atoms with van der Waals surface area (Å²) < 4.78 is 0. The van der Waals surface area contributed by atoms with Crippen molar-refractivity contribution in [2.75, 3.05) is 20.1 Å². The predicted octanol–water partition coefficient (Wildman–Crippen LogP) is 1.97. The molecule has 2 saturated carbocycles. The number of rotatable bonds is 5. The molecule has 2 rings (SSSR count). The third kappa shape index (κ3) is 2.17. The fourth-order valence-corrected chi connectivity index (χ4v) is 2.74. The molecule has 0 saturated heterocycles. The van der Waals surface area contributed by atoms with Gasteiger partial charge in [-0.2, -0.15) is 0 Å². The number of nitrogens with zero attached hydrogens (tertiary/aromatic N) is 1. The third-order valence-electron chi connectivity index (χ3n) is 4.13. The Bertz CT molecular complexity index is 244. The summed E-state index contributed by atoms with van der Waals surface area (Å²) >= 11 is 0. The van der Waals surface area contributed by atoms with Crippen molar-refractivity contribution < 1.29 is 9.90 Å². The largest absolute Gasteiger partial charge is 0.481 e. The van der Waals surface area contributed by atoms with E-state index in [0.717, 1.165) is 38.3 Å². The lowest BCUT2D eigenvalue weighted by molar-refractivity contribution is -0.156. The lowest BCUT2D eigenvalue weighted by Gasteiger charge is -2.41. The van der Waals surface area contributed by atoms with Gasteiger partial charge >= 0.3 is 5.97 Å². The Morgan fingerprint density at radius 3 is 2.40 bits per heavy atom. The molecule has 0 spiro atoms. The molecule has 0 heterocycles. The summed E-state index contributed by atoms with van der Waals surface area (Å²) in [6, 6.07) is 0. The Morgan fingerprint density at radius 2 is 2.07 bits per heavy atom. The molecular formula is C12H21NO2. The van der Waals surface area contributed by atoms with Crippen LogP contribution >= 0.6 is 0 Å². The summed E-state index contributed by atoms with van der Waals surface area (Å²) in [4.78, 5) is 13.4. The highest BCUT2D eigenvalue weighted by Gasteiger charge is 2.45. The maximum absolute atomic E-state index is 11.2. The van der Waals surface area contributed by atoms with Crippen molar-refractivity contribution in [1.82, 2.24) is 4.90 Å². The van der Waals surface area contributed by atoms with E-state index in [4.69, 9.17) is 0 Å². The maximum Gasteiger partial charge on any atom is 0.310 e. The van der Waals surface area contributed by atoms with E-state index >= 15 is 0 Å². The van der Waals surface area contributed by atoms with E-state index in [1.165, 1.54) is 19.3 Å².